The Bertz CT molecular complexity index is 1090. The molecule has 1 amide bonds. The van der Waals surface area contributed by atoms with E-state index < -0.39 is 0 Å². The molecule has 144 valence electrons. The first kappa shape index (κ1) is 19.3. The molecule has 0 spiro atoms. The Hall–Kier alpha value is -2.02. The molecular formula is C16H13BrN6O2S3. The largest absolute Gasteiger partial charge is 0.370 e. The summed E-state index contributed by atoms with van der Waals surface area (Å²) in [7, 11) is 0. The van der Waals surface area contributed by atoms with Gasteiger partial charge in [0.2, 0.25) is 17.6 Å². The molecule has 0 saturated heterocycles. The number of thiophene rings is 2. The van der Waals surface area contributed by atoms with Crippen molar-refractivity contribution in [2.75, 3.05) is 0 Å². The van der Waals surface area contributed by atoms with Gasteiger partial charge in [0.25, 0.3) is 0 Å². The minimum Gasteiger partial charge on any atom is -0.370 e. The molecule has 28 heavy (non-hydrogen) atoms. The quantitative estimate of drug-likeness (QED) is 0.366. The van der Waals surface area contributed by atoms with Crippen molar-refractivity contribution >= 4 is 56.3 Å². The lowest BCUT2D eigenvalue weighted by molar-refractivity contribution is -0.118. The van der Waals surface area contributed by atoms with E-state index in [2.05, 4.69) is 36.3 Å². The van der Waals surface area contributed by atoms with Gasteiger partial charge in [-0.25, -0.2) is 0 Å². The number of hydrogen-bond acceptors (Lipinski definition) is 9. The number of amides is 1. The van der Waals surface area contributed by atoms with E-state index in [0.717, 1.165) is 14.2 Å². The predicted octanol–water partition coefficient (Wildman–Crippen LogP) is 4.05. The normalized spacial score (nSPS) is 11.2. The zero-order chi connectivity index (χ0) is 19.5. The number of primary amides is 1. The van der Waals surface area contributed by atoms with E-state index in [9.17, 15) is 4.79 Å². The Balaban J connectivity index is 1.51. The Morgan fingerprint density at radius 2 is 2.21 bits per heavy atom. The van der Waals surface area contributed by atoms with Gasteiger partial charge in [-0.15, -0.1) is 32.9 Å². The summed E-state index contributed by atoms with van der Waals surface area (Å²) in [6.45, 7) is 0.413. The van der Waals surface area contributed by atoms with Gasteiger partial charge in [-0.1, -0.05) is 23.0 Å². The number of carbonyl (C=O) groups excluding carboxylic acids is 1. The number of nitrogens with zero attached hydrogens (tertiary/aromatic N) is 5. The Labute approximate surface area is 180 Å². The van der Waals surface area contributed by atoms with Crippen LogP contribution in [-0.4, -0.2) is 30.8 Å². The first-order valence-corrected chi connectivity index (χ1v) is 11.6. The van der Waals surface area contributed by atoms with Crippen LogP contribution in [0.15, 0.2) is 43.1 Å². The summed E-state index contributed by atoms with van der Waals surface area (Å²) in [5.41, 5.74) is 5.32. The van der Waals surface area contributed by atoms with Gasteiger partial charge in [-0.3, -0.25) is 4.79 Å². The molecule has 0 atom stereocenters. The van der Waals surface area contributed by atoms with Gasteiger partial charge in [0, 0.05) is 22.8 Å². The first-order chi connectivity index (χ1) is 13.6. The van der Waals surface area contributed by atoms with Crippen LogP contribution >= 0.6 is 50.4 Å². The molecule has 0 bridgehead atoms. The molecule has 12 heteroatoms. The topological polar surface area (TPSA) is 113 Å². The van der Waals surface area contributed by atoms with Gasteiger partial charge < -0.3 is 14.8 Å². The average molecular weight is 497 g/mol. The van der Waals surface area contributed by atoms with Crippen LogP contribution in [0.1, 0.15) is 12.3 Å². The molecule has 4 aromatic rings. The van der Waals surface area contributed by atoms with Gasteiger partial charge in [-0.05, 0) is 33.4 Å². The van der Waals surface area contributed by atoms with Crippen LogP contribution in [0, 0.1) is 0 Å². The molecular weight excluding hydrogens is 484 g/mol. The molecule has 0 saturated carbocycles. The monoisotopic (exact) mass is 496 g/mol. The second-order valence-corrected chi connectivity index (χ2v) is 9.30. The summed E-state index contributed by atoms with van der Waals surface area (Å²) in [6, 6.07) is 5.86. The highest BCUT2D eigenvalue weighted by Crippen LogP contribution is 2.31. The molecule has 0 aliphatic heterocycles. The fourth-order valence-electron chi connectivity index (χ4n) is 2.38. The molecule has 4 heterocycles. The Kier molecular flexibility index (Phi) is 5.90. The summed E-state index contributed by atoms with van der Waals surface area (Å²) in [5.74, 6) is 1.84. The highest BCUT2D eigenvalue weighted by Gasteiger charge is 2.17. The number of halogens is 1. The summed E-state index contributed by atoms with van der Waals surface area (Å²) < 4.78 is 8.23. The number of carbonyl (C=O) groups is 1. The molecule has 4 rings (SSSR count). The molecule has 0 aliphatic rings. The number of rotatable bonds is 8. The molecule has 0 aliphatic carbocycles. The van der Waals surface area contributed by atoms with Crippen LogP contribution in [0.5, 0.6) is 0 Å². The van der Waals surface area contributed by atoms with Gasteiger partial charge in [-0.2, -0.15) is 4.98 Å². The van der Waals surface area contributed by atoms with Crippen molar-refractivity contribution in [3.63, 3.8) is 0 Å². The van der Waals surface area contributed by atoms with E-state index in [1.807, 2.05) is 33.5 Å². The molecule has 2 N–H and O–H groups in total. The van der Waals surface area contributed by atoms with Crippen molar-refractivity contribution in [3.05, 3.63) is 39.3 Å². The van der Waals surface area contributed by atoms with E-state index in [-0.39, 0.29) is 12.3 Å². The maximum absolute atomic E-state index is 11.3. The van der Waals surface area contributed by atoms with Crippen molar-refractivity contribution in [1.29, 1.82) is 0 Å². The van der Waals surface area contributed by atoms with Crippen LogP contribution in [-0.2, 0) is 17.1 Å². The van der Waals surface area contributed by atoms with Gasteiger partial charge in [0.15, 0.2) is 11.0 Å². The fraction of sp³-hybridized carbons (Fsp3) is 0.188. The van der Waals surface area contributed by atoms with E-state index in [4.69, 9.17) is 10.3 Å². The zero-order valence-corrected chi connectivity index (χ0v) is 18.3. The Morgan fingerprint density at radius 3 is 2.93 bits per heavy atom. The Morgan fingerprint density at radius 1 is 1.32 bits per heavy atom. The van der Waals surface area contributed by atoms with Crippen molar-refractivity contribution in [2.45, 2.75) is 23.9 Å². The number of hydrogen-bond donors (Lipinski definition) is 1. The summed E-state index contributed by atoms with van der Waals surface area (Å²) in [5, 5.41) is 17.2. The minimum atomic E-state index is -0.370. The first-order valence-electron chi connectivity index (χ1n) is 8.05. The highest BCUT2D eigenvalue weighted by atomic mass is 79.9. The lowest BCUT2D eigenvalue weighted by Crippen LogP contribution is -2.14. The zero-order valence-electron chi connectivity index (χ0n) is 14.2. The summed E-state index contributed by atoms with van der Waals surface area (Å²) in [4.78, 5) is 17.6. The molecule has 0 unspecified atom stereocenters. The second-order valence-electron chi connectivity index (χ2n) is 5.58. The highest BCUT2D eigenvalue weighted by molar-refractivity contribution is 9.10. The van der Waals surface area contributed by atoms with E-state index in [1.165, 1.54) is 23.1 Å². The van der Waals surface area contributed by atoms with Crippen molar-refractivity contribution in [1.82, 2.24) is 24.9 Å². The third kappa shape index (κ3) is 4.35. The van der Waals surface area contributed by atoms with Crippen molar-refractivity contribution in [3.8, 4) is 21.4 Å². The maximum atomic E-state index is 11.3. The standard InChI is InChI=1S/C16H13BrN6O2S3/c17-9-6-11(27-7-9)14-19-13(25-22-14)8-28-16-21-20-15(10-2-1-5-26-10)23(16)4-3-12(18)24/h1-2,5-7H,3-4,8H2,(H2,18,24). The smallest absolute Gasteiger partial charge is 0.237 e. The van der Waals surface area contributed by atoms with Crippen LogP contribution in [0.25, 0.3) is 21.4 Å². The number of thioether (sulfide) groups is 1. The van der Waals surface area contributed by atoms with Crippen molar-refractivity contribution in [2.24, 2.45) is 5.73 Å². The lowest BCUT2D eigenvalue weighted by Gasteiger charge is -2.07. The fourth-order valence-corrected chi connectivity index (χ4v) is 5.25. The molecule has 8 nitrogen and oxygen atoms in total. The molecule has 0 fully saturated rings. The maximum Gasteiger partial charge on any atom is 0.237 e. The average Bonchev–Trinajstić information content (AvgIpc) is 3.43. The van der Waals surface area contributed by atoms with E-state index >= 15 is 0 Å². The van der Waals surface area contributed by atoms with Crippen LogP contribution in [0.2, 0.25) is 0 Å². The summed E-state index contributed by atoms with van der Waals surface area (Å²) >= 11 is 7.94. The predicted molar refractivity (Wildman–Crippen MR) is 112 cm³/mol. The SMILES string of the molecule is NC(=O)CCn1c(SCc2nc(-c3cc(Br)cs3)no2)nnc1-c1cccs1. The minimum absolute atomic E-state index is 0.210. The van der Waals surface area contributed by atoms with E-state index in [0.29, 0.717) is 35.0 Å². The summed E-state index contributed by atoms with van der Waals surface area (Å²) in [6.07, 6.45) is 0.210. The molecule has 0 aromatic carbocycles. The van der Waals surface area contributed by atoms with Crippen LogP contribution in [0.4, 0.5) is 0 Å². The van der Waals surface area contributed by atoms with Crippen LogP contribution < -0.4 is 5.73 Å². The molecule has 0 radical (unpaired) electrons. The van der Waals surface area contributed by atoms with E-state index in [1.54, 1.807) is 11.3 Å². The third-order valence-corrected chi connectivity index (χ3v) is 7.13. The number of aromatic nitrogens is 5. The molecule has 4 aromatic heterocycles. The van der Waals surface area contributed by atoms with Crippen LogP contribution in [0.3, 0.4) is 0 Å². The lowest BCUT2D eigenvalue weighted by atomic mass is 10.4. The van der Waals surface area contributed by atoms with Gasteiger partial charge >= 0.3 is 0 Å². The third-order valence-electron chi connectivity index (χ3n) is 3.62. The van der Waals surface area contributed by atoms with Crippen molar-refractivity contribution < 1.29 is 9.32 Å². The number of nitrogens with two attached hydrogens (primary N) is 1. The second kappa shape index (κ2) is 8.55. The van der Waals surface area contributed by atoms with Gasteiger partial charge in [0.05, 0.1) is 15.5 Å². The van der Waals surface area contributed by atoms with Gasteiger partial charge in [0.1, 0.15) is 0 Å².